The Morgan fingerprint density at radius 2 is 1.08 bits per heavy atom. The number of para-hydroxylation sites is 3. The van der Waals surface area contributed by atoms with Crippen LogP contribution in [-0.4, -0.2) is 11.6 Å². The molecule has 0 N–H and O–H groups in total. The number of carbonyl (C=O) groups is 2. The molecule has 0 spiro atoms. The number of ketones is 2. The van der Waals surface area contributed by atoms with Crippen LogP contribution in [-0.2, 0) is 0 Å². The first-order chi connectivity index (χ1) is 12.2. The molecule has 0 fully saturated rings. The van der Waals surface area contributed by atoms with Gasteiger partial charge in [-0.1, -0.05) is 48.0 Å². The maximum Gasteiger partial charge on any atom is 0.172 e. The van der Waals surface area contributed by atoms with E-state index in [1.54, 1.807) is 30.3 Å². The molecule has 4 heteroatoms. The number of Topliss-reactive ketones (excluding diaryl/α,β-unsaturated/α-hetero) is 2. The van der Waals surface area contributed by atoms with Gasteiger partial charge in [-0.25, -0.2) is 0 Å². The third kappa shape index (κ3) is 2.63. The van der Waals surface area contributed by atoms with Crippen LogP contribution in [0.25, 0.3) is 0 Å². The largest absolute Gasteiger partial charge is 0.308 e. The number of nitrogens with zero attached hydrogens (tertiary/aromatic N) is 1. The minimum Gasteiger partial charge on any atom is -0.308 e. The second kappa shape index (κ2) is 6.19. The maximum atomic E-state index is 12.7. The van der Waals surface area contributed by atoms with Crippen molar-refractivity contribution in [2.45, 2.75) is 6.42 Å². The third-order valence-electron chi connectivity index (χ3n) is 4.31. The maximum absolute atomic E-state index is 12.7. The molecule has 1 aliphatic rings. The van der Waals surface area contributed by atoms with Crippen LogP contribution in [0.3, 0.4) is 0 Å². The van der Waals surface area contributed by atoms with Gasteiger partial charge in [0.1, 0.15) is 0 Å². The monoisotopic (exact) mass is 347 g/mol. The molecule has 0 saturated heterocycles. The molecular weight excluding hydrogens is 334 g/mol. The Morgan fingerprint density at radius 1 is 0.640 bits per heavy atom. The van der Waals surface area contributed by atoms with Crippen molar-refractivity contribution in [2.24, 2.45) is 0 Å². The molecule has 1 aliphatic heterocycles. The molecular formula is C21H14ClNO2. The summed E-state index contributed by atoms with van der Waals surface area (Å²) in [5, 5.41) is 0.549. The molecule has 0 bridgehead atoms. The minimum absolute atomic E-state index is 0.135. The minimum atomic E-state index is -0.188. The fourth-order valence-corrected chi connectivity index (χ4v) is 3.39. The fraction of sp³-hybridized carbons (Fsp3) is 0.0476. The Balaban J connectivity index is 2.08. The molecule has 0 aromatic heterocycles. The van der Waals surface area contributed by atoms with Crippen molar-refractivity contribution < 1.29 is 9.59 Å². The van der Waals surface area contributed by atoms with Gasteiger partial charge in [0.2, 0.25) is 0 Å². The molecule has 25 heavy (non-hydrogen) atoms. The lowest BCUT2D eigenvalue weighted by molar-refractivity contribution is 0.0894. The zero-order valence-electron chi connectivity index (χ0n) is 13.3. The summed E-state index contributed by atoms with van der Waals surface area (Å²) in [5.41, 5.74) is 3.21. The molecule has 122 valence electrons. The van der Waals surface area contributed by atoms with Crippen molar-refractivity contribution in [3.8, 4) is 0 Å². The van der Waals surface area contributed by atoms with E-state index in [4.69, 9.17) is 11.6 Å². The van der Waals surface area contributed by atoms with Gasteiger partial charge >= 0.3 is 0 Å². The Kier molecular flexibility index (Phi) is 3.86. The molecule has 0 radical (unpaired) electrons. The summed E-state index contributed by atoms with van der Waals surface area (Å²) in [5.74, 6) is -0.376. The van der Waals surface area contributed by atoms with Crippen molar-refractivity contribution >= 4 is 40.2 Å². The van der Waals surface area contributed by atoms with Gasteiger partial charge in [-0.05, 0) is 36.4 Å². The Labute approximate surface area is 150 Å². The van der Waals surface area contributed by atoms with Gasteiger partial charge in [-0.3, -0.25) is 9.59 Å². The summed E-state index contributed by atoms with van der Waals surface area (Å²) in [7, 11) is 0. The number of carbonyl (C=O) groups excluding carboxylic acids is 2. The molecule has 3 aromatic rings. The summed E-state index contributed by atoms with van der Waals surface area (Å²) in [6.45, 7) is 0. The highest BCUT2D eigenvalue weighted by Crippen LogP contribution is 2.43. The van der Waals surface area contributed by atoms with Crippen LogP contribution in [0.5, 0.6) is 0 Å². The molecule has 4 rings (SSSR count). The number of anilines is 3. The van der Waals surface area contributed by atoms with E-state index in [1.807, 2.05) is 47.4 Å². The van der Waals surface area contributed by atoms with Crippen LogP contribution >= 0.6 is 11.6 Å². The summed E-state index contributed by atoms with van der Waals surface area (Å²) < 4.78 is 0. The highest BCUT2D eigenvalue weighted by molar-refractivity contribution is 6.34. The normalized spacial score (nSPS) is 13.7. The summed E-state index contributed by atoms with van der Waals surface area (Å²) in [6, 6.07) is 22.0. The van der Waals surface area contributed by atoms with E-state index < -0.39 is 0 Å². The Hall–Kier alpha value is -2.91. The molecule has 0 unspecified atom stereocenters. The van der Waals surface area contributed by atoms with Crippen LogP contribution in [0.15, 0.2) is 72.8 Å². The average molecular weight is 348 g/mol. The topological polar surface area (TPSA) is 37.4 Å². The van der Waals surface area contributed by atoms with E-state index >= 15 is 0 Å². The number of halogens is 1. The predicted octanol–water partition coefficient (Wildman–Crippen LogP) is 5.58. The quantitative estimate of drug-likeness (QED) is 0.539. The fourth-order valence-electron chi connectivity index (χ4n) is 3.17. The van der Waals surface area contributed by atoms with Gasteiger partial charge in [0.05, 0.1) is 28.5 Å². The molecule has 0 amide bonds. The first-order valence-electron chi connectivity index (χ1n) is 7.96. The van der Waals surface area contributed by atoms with Gasteiger partial charge in [0.15, 0.2) is 11.6 Å². The zero-order valence-corrected chi connectivity index (χ0v) is 14.0. The first kappa shape index (κ1) is 15.6. The molecule has 0 aliphatic carbocycles. The van der Waals surface area contributed by atoms with E-state index in [9.17, 15) is 9.59 Å². The molecule has 3 aromatic carbocycles. The number of rotatable bonds is 1. The average Bonchev–Trinajstić information content (AvgIpc) is 2.63. The summed E-state index contributed by atoms with van der Waals surface area (Å²) >= 11 is 6.45. The van der Waals surface area contributed by atoms with Crippen molar-refractivity contribution in [2.75, 3.05) is 4.90 Å². The van der Waals surface area contributed by atoms with Crippen molar-refractivity contribution in [3.05, 3.63) is 88.9 Å². The van der Waals surface area contributed by atoms with Crippen LogP contribution in [0.2, 0.25) is 5.02 Å². The van der Waals surface area contributed by atoms with Gasteiger partial charge < -0.3 is 4.90 Å². The van der Waals surface area contributed by atoms with Crippen LogP contribution < -0.4 is 4.90 Å². The smallest absolute Gasteiger partial charge is 0.172 e. The number of fused-ring (bicyclic) bond motifs is 2. The number of benzene rings is 3. The van der Waals surface area contributed by atoms with Crippen molar-refractivity contribution in [3.63, 3.8) is 0 Å². The zero-order chi connectivity index (χ0) is 17.4. The second-order valence-corrected chi connectivity index (χ2v) is 6.25. The molecule has 3 nitrogen and oxygen atoms in total. The van der Waals surface area contributed by atoms with Crippen molar-refractivity contribution in [1.82, 2.24) is 0 Å². The van der Waals surface area contributed by atoms with Gasteiger partial charge in [0.25, 0.3) is 0 Å². The second-order valence-electron chi connectivity index (χ2n) is 5.84. The number of hydrogen-bond donors (Lipinski definition) is 0. The van der Waals surface area contributed by atoms with Gasteiger partial charge in [-0.2, -0.15) is 0 Å². The lowest BCUT2D eigenvalue weighted by Gasteiger charge is -2.30. The van der Waals surface area contributed by atoms with Crippen LogP contribution in [0.1, 0.15) is 27.1 Å². The summed E-state index contributed by atoms with van der Waals surface area (Å²) in [6.07, 6.45) is -0.135. The highest BCUT2D eigenvalue weighted by atomic mass is 35.5. The standard InChI is InChI=1S/C21H14ClNO2/c22-16-9-3-6-12-19(16)23-17-10-4-1-7-14(17)20(24)13-21(25)15-8-2-5-11-18(15)23/h1-12H,13H2. The van der Waals surface area contributed by atoms with E-state index in [0.29, 0.717) is 16.1 Å². The number of hydrogen-bond acceptors (Lipinski definition) is 3. The molecule has 1 heterocycles. The first-order valence-corrected chi connectivity index (χ1v) is 8.34. The predicted molar refractivity (Wildman–Crippen MR) is 99.4 cm³/mol. The SMILES string of the molecule is O=C1CC(=O)c2ccccc2N(c2ccccc2Cl)c2ccccc21. The van der Waals surface area contributed by atoms with Gasteiger partial charge in [0, 0.05) is 11.1 Å². The summed E-state index contributed by atoms with van der Waals surface area (Å²) in [4.78, 5) is 27.2. The highest BCUT2D eigenvalue weighted by Gasteiger charge is 2.28. The van der Waals surface area contributed by atoms with Crippen LogP contribution in [0.4, 0.5) is 17.1 Å². The van der Waals surface area contributed by atoms with Gasteiger partial charge in [-0.15, -0.1) is 0 Å². The lowest BCUT2D eigenvalue weighted by atomic mass is 9.94. The molecule has 0 saturated carbocycles. The molecule has 0 atom stereocenters. The Bertz CT molecular complexity index is 939. The van der Waals surface area contributed by atoms with E-state index in [0.717, 1.165) is 17.1 Å². The van der Waals surface area contributed by atoms with E-state index in [1.165, 1.54) is 0 Å². The van der Waals surface area contributed by atoms with E-state index in [-0.39, 0.29) is 18.0 Å². The lowest BCUT2D eigenvalue weighted by Crippen LogP contribution is -2.22. The third-order valence-corrected chi connectivity index (χ3v) is 4.62. The Morgan fingerprint density at radius 3 is 1.60 bits per heavy atom. The van der Waals surface area contributed by atoms with Crippen molar-refractivity contribution in [1.29, 1.82) is 0 Å². The van der Waals surface area contributed by atoms with E-state index in [2.05, 4.69) is 0 Å². The van der Waals surface area contributed by atoms with Crippen LogP contribution in [0, 0.1) is 0 Å².